The highest BCUT2D eigenvalue weighted by atomic mass is 79.9. The highest BCUT2D eigenvalue weighted by Gasteiger charge is 2.22. The van der Waals surface area contributed by atoms with Crippen molar-refractivity contribution in [3.05, 3.63) is 62.9 Å². The fourth-order valence-corrected chi connectivity index (χ4v) is 4.65. The van der Waals surface area contributed by atoms with E-state index in [9.17, 15) is 10.1 Å². The molecule has 162 valence electrons. The molecule has 0 aromatic heterocycles. The van der Waals surface area contributed by atoms with Gasteiger partial charge < -0.3 is 19.8 Å². The topological polar surface area (TPSA) is 131 Å². The standard InChI is InChI=1S/C20H15BrN6O4S/c21-13-7-14-15(31-10-30-14)8-16(13)32-20-24-17-18(22)23-9-26(19(17)25-20)5-4-11-2-1-3-12(6-11)27(28)29/h1-3,6-9H,4-5,10,22H2. The van der Waals surface area contributed by atoms with Crippen LogP contribution in [0.25, 0.3) is 11.5 Å². The highest BCUT2D eigenvalue weighted by molar-refractivity contribution is 9.10. The van der Waals surface area contributed by atoms with Gasteiger partial charge in [-0.05, 0) is 51.8 Å². The van der Waals surface area contributed by atoms with Gasteiger partial charge in [0.05, 0.1) is 11.3 Å². The summed E-state index contributed by atoms with van der Waals surface area (Å²) in [6, 6.07) is 10.3. The van der Waals surface area contributed by atoms with Crippen LogP contribution < -0.4 is 15.2 Å². The first-order valence-electron chi connectivity index (χ1n) is 9.46. The van der Waals surface area contributed by atoms with Crippen molar-refractivity contribution in [1.82, 2.24) is 19.5 Å². The minimum Gasteiger partial charge on any atom is -0.454 e. The Morgan fingerprint density at radius 3 is 2.84 bits per heavy atom. The van der Waals surface area contributed by atoms with E-state index in [1.54, 1.807) is 18.5 Å². The van der Waals surface area contributed by atoms with Crippen molar-refractivity contribution < 1.29 is 14.4 Å². The smallest absolute Gasteiger partial charge is 0.269 e. The first kappa shape index (κ1) is 20.5. The van der Waals surface area contributed by atoms with Gasteiger partial charge in [-0.2, -0.15) is 0 Å². The molecule has 0 fully saturated rings. The van der Waals surface area contributed by atoms with Gasteiger partial charge in [0.25, 0.3) is 5.69 Å². The van der Waals surface area contributed by atoms with E-state index in [-0.39, 0.29) is 18.3 Å². The summed E-state index contributed by atoms with van der Waals surface area (Å²) >= 11 is 4.91. The number of anilines is 1. The van der Waals surface area contributed by atoms with Gasteiger partial charge in [0.1, 0.15) is 0 Å². The van der Waals surface area contributed by atoms with Gasteiger partial charge in [0, 0.05) is 28.0 Å². The average molecular weight is 515 g/mol. The van der Waals surface area contributed by atoms with E-state index in [4.69, 9.17) is 15.2 Å². The molecule has 2 aromatic carbocycles. The summed E-state index contributed by atoms with van der Waals surface area (Å²) in [5.74, 6) is 2.24. The first-order valence-corrected chi connectivity index (χ1v) is 11.1. The maximum atomic E-state index is 11.0. The molecule has 0 saturated carbocycles. The van der Waals surface area contributed by atoms with Crippen molar-refractivity contribution in [1.29, 1.82) is 0 Å². The molecule has 10 nitrogen and oxygen atoms in total. The van der Waals surface area contributed by atoms with Gasteiger partial charge in [0.2, 0.25) is 6.79 Å². The summed E-state index contributed by atoms with van der Waals surface area (Å²) < 4.78 is 13.5. The Hall–Kier alpha value is -3.38. The molecule has 0 radical (unpaired) electrons. The minimum absolute atomic E-state index is 0.0640. The van der Waals surface area contributed by atoms with Crippen LogP contribution in [0.5, 0.6) is 11.5 Å². The van der Waals surface area contributed by atoms with Crippen LogP contribution in [0.3, 0.4) is 0 Å². The summed E-state index contributed by atoms with van der Waals surface area (Å²) in [7, 11) is 0. The van der Waals surface area contributed by atoms with E-state index in [2.05, 4.69) is 30.9 Å². The van der Waals surface area contributed by atoms with Crippen LogP contribution in [-0.4, -0.2) is 31.2 Å². The zero-order valence-corrected chi connectivity index (χ0v) is 18.8. The third-order valence-corrected chi connectivity index (χ3v) is 6.70. The number of imidazole rings is 1. The second-order valence-corrected chi connectivity index (χ2v) is 8.78. The normalized spacial score (nSPS) is 12.4. The third kappa shape index (κ3) is 3.94. The Bertz CT molecular complexity index is 1310. The number of hydrogen-bond donors (Lipinski definition) is 1. The number of rotatable bonds is 6. The van der Waals surface area contributed by atoms with Crippen LogP contribution in [0.1, 0.15) is 5.56 Å². The van der Waals surface area contributed by atoms with E-state index >= 15 is 0 Å². The molecule has 32 heavy (non-hydrogen) atoms. The molecule has 0 bridgehead atoms. The number of nitrogen functional groups attached to an aromatic ring is 1. The van der Waals surface area contributed by atoms with Crippen LogP contribution >= 0.6 is 27.7 Å². The zero-order chi connectivity index (χ0) is 22.2. The maximum absolute atomic E-state index is 11.0. The van der Waals surface area contributed by atoms with Crippen LogP contribution in [0.4, 0.5) is 11.5 Å². The number of nitrogens with zero attached hydrogens (tertiary/aromatic N) is 5. The molecule has 0 unspecified atom stereocenters. The number of nitro groups is 1. The molecule has 3 aliphatic rings. The number of nitro benzene ring substituents is 1. The van der Waals surface area contributed by atoms with Gasteiger partial charge >= 0.3 is 0 Å². The lowest BCUT2D eigenvalue weighted by Gasteiger charge is -2.11. The van der Waals surface area contributed by atoms with E-state index in [1.165, 1.54) is 17.8 Å². The lowest BCUT2D eigenvalue weighted by atomic mass is 10.1. The molecule has 3 heterocycles. The first-order chi connectivity index (χ1) is 15.5. The predicted octanol–water partition coefficient (Wildman–Crippen LogP) is 4.15. The second-order valence-electron chi connectivity index (χ2n) is 6.92. The molecule has 5 rings (SSSR count). The molecule has 0 amide bonds. The molecule has 0 atom stereocenters. The van der Waals surface area contributed by atoms with Crippen molar-refractivity contribution in [3.63, 3.8) is 0 Å². The molecule has 3 aliphatic heterocycles. The summed E-state index contributed by atoms with van der Waals surface area (Å²) in [6.45, 7) is 0.709. The maximum Gasteiger partial charge on any atom is 0.269 e. The molecular weight excluding hydrogens is 500 g/mol. The number of fused-ring (bicyclic) bond motifs is 2. The Morgan fingerprint density at radius 1 is 1.22 bits per heavy atom. The number of non-ortho nitro benzene ring substituents is 1. The predicted molar refractivity (Wildman–Crippen MR) is 120 cm³/mol. The minimum atomic E-state index is -0.403. The molecule has 0 saturated heterocycles. The number of aromatic nitrogens is 4. The Labute approximate surface area is 194 Å². The van der Waals surface area contributed by atoms with Crippen molar-refractivity contribution in [2.24, 2.45) is 0 Å². The van der Waals surface area contributed by atoms with Gasteiger partial charge in [0.15, 0.2) is 34.0 Å². The number of ether oxygens (including phenoxy) is 2. The molecule has 12 heteroatoms. The Morgan fingerprint density at radius 2 is 2.03 bits per heavy atom. The average Bonchev–Trinajstić information content (AvgIpc) is 3.41. The van der Waals surface area contributed by atoms with Crippen LogP contribution in [0.15, 0.2) is 57.3 Å². The van der Waals surface area contributed by atoms with Crippen LogP contribution in [0.2, 0.25) is 0 Å². The summed E-state index contributed by atoms with van der Waals surface area (Å²) in [4.78, 5) is 24.9. The van der Waals surface area contributed by atoms with Crippen molar-refractivity contribution in [2.45, 2.75) is 23.0 Å². The van der Waals surface area contributed by atoms with E-state index < -0.39 is 4.92 Å². The quantitative estimate of drug-likeness (QED) is 0.297. The molecule has 0 spiro atoms. The summed E-state index contributed by atoms with van der Waals surface area (Å²) in [5.41, 5.74) is 7.45. The molecule has 0 aliphatic carbocycles. The molecule has 2 aromatic rings. The van der Waals surface area contributed by atoms with Gasteiger partial charge in [-0.3, -0.25) is 10.1 Å². The van der Waals surface area contributed by atoms with Gasteiger partial charge in [-0.15, -0.1) is 0 Å². The number of benzene rings is 2. The Kier molecular flexibility index (Phi) is 5.31. The van der Waals surface area contributed by atoms with Crippen LogP contribution in [-0.2, 0) is 13.0 Å². The van der Waals surface area contributed by atoms with Gasteiger partial charge in [-0.25, -0.2) is 15.0 Å². The molecule has 2 N–H and O–H groups in total. The number of aryl methyl sites for hydroxylation is 2. The number of hydrogen-bond acceptors (Lipinski definition) is 9. The largest absolute Gasteiger partial charge is 0.454 e. The second kappa shape index (κ2) is 8.28. The van der Waals surface area contributed by atoms with E-state index in [0.717, 1.165) is 14.9 Å². The number of halogens is 1. The van der Waals surface area contributed by atoms with Gasteiger partial charge in [-0.1, -0.05) is 12.1 Å². The van der Waals surface area contributed by atoms with E-state index in [1.807, 2.05) is 22.8 Å². The summed E-state index contributed by atoms with van der Waals surface area (Å²) in [6.07, 6.45) is 2.17. The lowest BCUT2D eigenvalue weighted by molar-refractivity contribution is -0.384. The lowest BCUT2D eigenvalue weighted by Crippen LogP contribution is -2.10. The van der Waals surface area contributed by atoms with E-state index in [0.29, 0.717) is 41.1 Å². The SMILES string of the molecule is Nc1ncn(CCc2cccc([N+](=O)[O-])c2)c2nc(Sc3cc4c(cc3Br)OCO4)nc1-2. The Balaban J connectivity index is 1.41. The van der Waals surface area contributed by atoms with Crippen LogP contribution in [0, 0.1) is 10.1 Å². The monoisotopic (exact) mass is 514 g/mol. The number of nitrogens with two attached hydrogens (primary N) is 1. The van der Waals surface area contributed by atoms with Crippen molar-refractivity contribution in [3.8, 4) is 23.0 Å². The highest BCUT2D eigenvalue weighted by Crippen LogP contribution is 2.43. The van der Waals surface area contributed by atoms with Crippen molar-refractivity contribution >= 4 is 39.2 Å². The third-order valence-electron chi connectivity index (χ3n) is 4.86. The fourth-order valence-electron chi connectivity index (χ4n) is 3.29. The summed E-state index contributed by atoms with van der Waals surface area (Å²) in [5, 5.41) is 11.5. The fraction of sp³-hybridized carbons (Fsp3) is 0.150. The van der Waals surface area contributed by atoms with Crippen molar-refractivity contribution in [2.75, 3.05) is 12.5 Å². The zero-order valence-electron chi connectivity index (χ0n) is 16.4. The molecular formula is C20H15BrN6O4S.